The van der Waals surface area contributed by atoms with Crippen LogP contribution in [0.5, 0.6) is 0 Å². The van der Waals surface area contributed by atoms with Crippen molar-refractivity contribution in [3.05, 3.63) is 54.4 Å². The number of benzene rings is 1. The third-order valence-corrected chi connectivity index (χ3v) is 6.99. The molecule has 0 saturated carbocycles. The van der Waals surface area contributed by atoms with Crippen molar-refractivity contribution in [1.29, 1.82) is 0 Å². The monoisotopic (exact) mass is 447 g/mol. The Bertz CT molecular complexity index is 1110. The normalized spacial score (nSPS) is 17.6. The summed E-state index contributed by atoms with van der Waals surface area (Å²) in [7, 11) is 0. The van der Waals surface area contributed by atoms with Gasteiger partial charge in [-0.2, -0.15) is 5.10 Å². The second-order valence-electron chi connectivity index (χ2n) is 9.31. The summed E-state index contributed by atoms with van der Waals surface area (Å²) in [4.78, 5) is 18.6. The molecular formula is C26H33N5O2. The average Bonchev–Trinajstić information content (AvgIpc) is 3.23. The van der Waals surface area contributed by atoms with Crippen molar-refractivity contribution in [3.63, 3.8) is 0 Å². The molecule has 0 spiro atoms. The molecule has 0 bridgehead atoms. The average molecular weight is 448 g/mol. The van der Waals surface area contributed by atoms with Crippen molar-refractivity contribution in [2.45, 2.75) is 32.7 Å². The van der Waals surface area contributed by atoms with Gasteiger partial charge in [0.2, 0.25) is 0 Å². The smallest absolute Gasteiger partial charge is 0.409 e. The van der Waals surface area contributed by atoms with Gasteiger partial charge in [-0.05, 0) is 44.0 Å². The van der Waals surface area contributed by atoms with Gasteiger partial charge in [-0.1, -0.05) is 24.3 Å². The van der Waals surface area contributed by atoms with Crippen LogP contribution < -0.4 is 4.90 Å². The van der Waals surface area contributed by atoms with E-state index in [1.807, 2.05) is 17.6 Å². The fourth-order valence-electron chi connectivity index (χ4n) is 4.86. The summed E-state index contributed by atoms with van der Waals surface area (Å²) < 4.78 is 7.11. The summed E-state index contributed by atoms with van der Waals surface area (Å²) in [5.41, 5.74) is 6.05. The highest BCUT2D eigenvalue weighted by atomic mass is 16.6. The second-order valence-corrected chi connectivity index (χ2v) is 9.31. The fourth-order valence-corrected chi connectivity index (χ4v) is 4.86. The van der Waals surface area contributed by atoms with Crippen molar-refractivity contribution in [2.24, 2.45) is 0 Å². The van der Waals surface area contributed by atoms with E-state index in [4.69, 9.17) is 4.74 Å². The molecule has 33 heavy (non-hydrogen) atoms. The van der Waals surface area contributed by atoms with Crippen molar-refractivity contribution in [3.8, 4) is 11.1 Å². The largest absolute Gasteiger partial charge is 0.450 e. The van der Waals surface area contributed by atoms with E-state index in [1.54, 1.807) is 4.90 Å². The molecule has 2 aliphatic rings. The molecule has 2 aliphatic heterocycles. The Balaban J connectivity index is 1.31. The lowest BCUT2D eigenvalue weighted by molar-refractivity contribution is 0.105. The van der Waals surface area contributed by atoms with Gasteiger partial charge in [0.05, 0.1) is 17.8 Å². The molecule has 7 nitrogen and oxygen atoms in total. The van der Waals surface area contributed by atoms with Gasteiger partial charge >= 0.3 is 6.09 Å². The third kappa shape index (κ3) is 4.29. The molecule has 3 aromatic rings. The van der Waals surface area contributed by atoms with Crippen LogP contribution in [0, 0.1) is 0 Å². The highest BCUT2D eigenvalue weighted by Crippen LogP contribution is 2.32. The molecule has 0 atom stereocenters. The van der Waals surface area contributed by atoms with Gasteiger partial charge in [0.1, 0.15) is 0 Å². The SMILES string of the molecule is CCOC(=O)N1CCN(c2ccnn3cc(-c4ccc(C5CN(C(C)C)C5)cc4)cc23)CC1. The van der Waals surface area contributed by atoms with Gasteiger partial charge in [0, 0.05) is 69.2 Å². The molecule has 0 N–H and O–H groups in total. The first-order valence-corrected chi connectivity index (χ1v) is 12.0. The zero-order chi connectivity index (χ0) is 22.9. The standard InChI is InChI=1S/C26H33N5O2/c1-4-33-26(32)29-13-11-28(12-14-29)24-9-10-27-31-18-22(15-25(24)31)20-5-7-21(8-6-20)23-16-30(17-23)19(2)3/h5-10,15,18-19,23H,4,11-14,16-17H2,1-3H3. The molecule has 0 radical (unpaired) electrons. The summed E-state index contributed by atoms with van der Waals surface area (Å²) in [6, 6.07) is 14.0. The first kappa shape index (κ1) is 21.8. The summed E-state index contributed by atoms with van der Waals surface area (Å²) in [5, 5.41) is 4.54. The number of fused-ring (bicyclic) bond motifs is 1. The van der Waals surface area contributed by atoms with E-state index in [0.717, 1.165) is 37.4 Å². The zero-order valence-corrected chi connectivity index (χ0v) is 19.8. The minimum atomic E-state index is -0.218. The number of amides is 1. The van der Waals surface area contributed by atoms with E-state index in [9.17, 15) is 4.79 Å². The van der Waals surface area contributed by atoms with Crippen LogP contribution >= 0.6 is 0 Å². The van der Waals surface area contributed by atoms with Crippen molar-refractivity contribution in [1.82, 2.24) is 19.4 Å². The highest BCUT2D eigenvalue weighted by molar-refractivity contribution is 5.80. The molecule has 0 unspecified atom stereocenters. The topological polar surface area (TPSA) is 53.3 Å². The van der Waals surface area contributed by atoms with Crippen LogP contribution in [0.4, 0.5) is 10.5 Å². The second kappa shape index (κ2) is 9.06. The van der Waals surface area contributed by atoms with Crippen molar-refractivity contribution >= 4 is 17.3 Å². The first-order chi connectivity index (χ1) is 16.0. The maximum Gasteiger partial charge on any atom is 0.409 e. The van der Waals surface area contributed by atoms with Gasteiger partial charge in [0.15, 0.2) is 0 Å². The molecule has 2 aromatic heterocycles. The van der Waals surface area contributed by atoms with Crippen LogP contribution in [0.1, 0.15) is 32.3 Å². The molecule has 0 aliphatic carbocycles. The third-order valence-electron chi connectivity index (χ3n) is 6.99. The van der Waals surface area contributed by atoms with Gasteiger partial charge in [-0.15, -0.1) is 0 Å². The number of nitrogens with zero attached hydrogens (tertiary/aromatic N) is 5. The lowest BCUT2D eigenvalue weighted by atomic mass is 9.89. The maximum absolute atomic E-state index is 12.0. The minimum Gasteiger partial charge on any atom is -0.450 e. The Morgan fingerprint density at radius 1 is 1.06 bits per heavy atom. The number of carbonyl (C=O) groups is 1. The molecule has 174 valence electrons. The Morgan fingerprint density at radius 3 is 2.45 bits per heavy atom. The summed E-state index contributed by atoms with van der Waals surface area (Å²) in [6.45, 7) is 12.0. The van der Waals surface area contributed by atoms with Crippen LogP contribution in [0.3, 0.4) is 0 Å². The number of piperazine rings is 1. The van der Waals surface area contributed by atoms with Crippen LogP contribution in [0.15, 0.2) is 48.8 Å². The fraction of sp³-hybridized carbons (Fsp3) is 0.462. The number of ether oxygens (including phenoxy) is 1. The van der Waals surface area contributed by atoms with E-state index in [0.29, 0.717) is 31.7 Å². The van der Waals surface area contributed by atoms with E-state index in [1.165, 1.54) is 16.7 Å². The van der Waals surface area contributed by atoms with Gasteiger partial charge in [-0.3, -0.25) is 4.90 Å². The lowest BCUT2D eigenvalue weighted by Crippen LogP contribution is -2.49. The van der Waals surface area contributed by atoms with Crippen molar-refractivity contribution < 1.29 is 9.53 Å². The molecule has 1 amide bonds. The molecule has 4 heterocycles. The van der Waals surface area contributed by atoms with E-state index < -0.39 is 0 Å². The number of aromatic nitrogens is 2. The molecular weight excluding hydrogens is 414 g/mol. The quantitative estimate of drug-likeness (QED) is 0.590. The minimum absolute atomic E-state index is 0.218. The Morgan fingerprint density at radius 2 is 1.79 bits per heavy atom. The summed E-state index contributed by atoms with van der Waals surface area (Å²) in [5.74, 6) is 0.649. The Hall–Kier alpha value is -3.06. The van der Waals surface area contributed by atoms with Crippen LogP contribution in [0.25, 0.3) is 16.6 Å². The van der Waals surface area contributed by atoms with Crippen LogP contribution in [-0.2, 0) is 4.74 Å². The van der Waals surface area contributed by atoms with Gasteiger partial charge < -0.3 is 14.5 Å². The number of carbonyl (C=O) groups excluding carboxylic acids is 1. The number of hydrogen-bond acceptors (Lipinski definition) is 5. The first-order valence-electron chi connectivity index (χ1n) is 12.0. The summed E-state index contributed by atoms with van der Waals surface area (Å²) in [6.07, 6.45) is 3.74. The lowest BCUT2D eigenvalue weighted by Gasteiger charge is -2.42. The molecule has 5 rings (SSSR count). The zero-order valence-electron chi connectivity index (χ0n) is 19.8. The predicted octanol–water partition coefficient (Wildman–Crippen LogP) is 4.09. The molecule has 2 saturated heterocycles. The Kier molecular flexibility index (Phi) is 5.98. The number of anilines is 1. The van der Waals surface area contributed by atoms with Gasteiger partial charge in [0.25, 0.3) is 0 Å². The predicted molar refractivity (Wildman–Crippen MR) is 131 cm³/mol. The van der Waals surface area contributed by atoms with Gasteiger partial charge in [-0.25, -0.2) is 9.31 Å². The maximum atomic E-state index is 12.0. The molecule has 7 heteroatoms. The van der Waals surface area contributed by atoms with Crippen LogP contribution in [0.2, 0.25) is 0 Å². The molecule has 2 fully saturated rings. The van der Waals surface area contributed by atoms with E-state index in [-0.39, 0.29) is 6.09 Å². The highest BCUT2D eigenvalue weighted by Gasteiger charge is 2.29. The number of likely N-dealkylation sites (tertiary alicyclic amines) is 1. The van der Waals surface area contributed by atoms with Crippen molar-refractivity contribution in [2.75, 3.05) is 50.8 Å². The number of hydrogen-bond donors (Lipinski definition) is 0. The van der Waals surface area contributed by atoms with Crippen LogP contribution in [-0.4, -0.2) is 77.4 Å². The van der Waals surface area contributed by atoms with E-state index >= 15 is 0 Å². The summed E-state index contributed by atoms with van der Waals surface area (Å²) >= 11 is 0. The molecule has 1 aromatic carbocycles. The Labute approximate surface area is 195 Å². The van der Waals surface area contributed by atoms with E-state index in [2.05, 4.69) is 71.3 Å². The number of rotatable bonds is 5.